The van der Waals surface area contributed by atoms with E-state index < -0.39 is 17.6 Å². The number of nitrogens with one attached hydrogen (secondary N) is 3. The smallest absolute Gasteiger partial charge is 0.383 e. The molecule has 39 heavy (non-hydrogen) atoms. The maximum Gasteiger partial charge on any atom is 0.416 e. The Labute approximate surface area is 222 Å². The predicted molar refractivity (Wildman–Crippen MR) is 140 cm³/mol. The van der Waals surface area contributed by atoms with Crippen LogP contribution in [0.25, 0.3) is 0 Å². The fourth-order valence-corrected chi connectivity index (χ4v) is 4.29. The number of alkyl halides is 3. The van der Waals surface area contributed by atoms with Crippen molar-refractivity contribution in [2.24, 2.45) is 0 Å². The average molecular weight is 541 g/mol. The maximum atomic E-state index is 12.9. The zero-order valence-electron chi connectivity index (χ0n) is 21.0. The minimum Gasteiger partial charge on any atom is -0.383 e. The van der Waals surface area contributed by atoms with Gasteiger partial charge in [0.05, 0.1) is 16.8 Å². The van der Waals surface area contributed by atoms with E-state index >= 15 is 0 Å². The van der Waals surface area contributed by atoms with Crippen LogP contribution in [0.3, 0.4) is 0 Å². The second kappa shape index (κ2) is 11.5. The standard InChI is InChI=1S/C26H27F3N8O2/c1-2-20(38)37-11-3-4-18(13-37)35-24-21(23(31)33-14-34-24)22(30)15-5-7-16(8-6-15)25(39)36-19-12-17(9-10-32-19)26(27,28)29/h5-10,12,14,18,30H,2-4,11,13H2,1H3,(H,32,36,39)(H3,31,33,34,35). The number of aromatic nitrogens is 3. The first-order chi connectivity index (χ1) is 18.6. The number of nitrogens with two attached hydrogens (primary N) is 1. The third-order valence-electron chi connectivity index (χ3n) is 6.31. The van der Waals surface area contributed by atoms with Gasteiger partial charge < -0.3 is 21.3 Å². The maximum absolute atomic E-state index is 12.9. The van der Waals surface area contributed by atoms with E-state index in [2.05, 4.69) is 25.6 Å². The summed E-state index contributed by atoms with van der Waals surface area (Å²) in [5.41, 5.74) is 6.06. The summed E-state index contributed by atoms with van der Waals surface area (Å²) in [6.45, 7) is 3.03. The lowest BCUT2D eigenvalue weighted by atomic mass is 10.0. The zero-order valence-corrected chi connectivity index (χ0v) is 21.0. The first-order valence-electron chi connectivity index (χ1n) is 12.3. The summed E-state index contributed by atoms with van der Waals surface area (Å²) in [4.78, 5) is 38.6. The monoisotopic (exact) mass is 540 g/mol. The molecule has 204 valence electrons. The quantitative estimate of drug-likeness (QED) is 0.331. The SMILES string of the molecule is CCC(=O)N1CCCC(Nc2ncnc(N)c2C(=N)c2ccc(C(=O)Nc3cc(C(F)(F)F)ccn3)cc2)C1. The van der Waals surface area contributed by atoms with Gasteiger partial charge in [-0.2, -0.15) is 13.2 Å². The molecule has 2 amide bonds. The number of hydrogen-bond donors (Lipinski definition) is 4. The molecular weight excluding hydrogens is 513 g/mol. The summed E-state index contributed by atoms with van der Waals surface area (Å²) in [5, 5.41) is 14.4. The van der Waals surface area contributed by atoms with Gasteiger partial charge in [-0.1, -0.05) is 19.1 Å². The number of piperidine rings is 1. The molecule has 5 N–H and O–H groups in total. The molecule has 0 aliphatic carbocycles. The van der Waals surface area contributed by atoms with Gasteiger partial charge in [0.2, 0.25) is 5.91 Å². The third kappa shape index (κ3) is 6.48. The lowest BCUT2D eigenvalue weighted by Gasteiger charge is -2.33. The van der Waals surface area contributed by atoms with E-state index in [0.29, 0.717) is 30.9 Å². The number of nitrogens with zero attached hydrogens (tertiary/aromatic N) is 4. The third-order valence-corrected chi connectivity index (χ3v) is 6.31. The van der Waals surface area contributed by atoms with Gasteiger partial charge >= 0.3 is 6.18 Å². The minimum absolute atomic E-state index is 0.0133. The fraction of sp³-hybridized carbons (Fsp3) is 0.308. The number of rotatable bonds is 7. The summed E-state index contributed by atoms with van der Waals surface area (Å²) in [6.07, 6.45) is -0.238. The highest BCUT2D eigenvalue weighted by atomic mass is 19.4. The van der Waals surface area contributed by atoms with Crippen molar-refractivity contribution in [1.29, 1.82) is 5.41 Å². The number of nitrogen functional groups attached to an aromatic ring is 1. The molecule has 2 aromatic heterocycles. The fourth-order valence-electron chi connectivity index (χ4n) is 4.29. The van der Waals surface area contributed by atoms with Crippen LogP contribution in [-0.4, -0.2) is 56.5 Å². The number of benzene rings is 1. The van der Waals surface area contributed by atoms with Gasteiger partial charge in [-0.3, -0.25) is 15.0 Å². The molecule has 1 fully saturated rings. The first kappa shape index (κ1) is 27.5. The van der Waals surface area contributed by atoms with Crippen LogP contribution in [0.15, 0.2) is 48.9 Å². The lowest BCUT2D eigenvalue weighted by molar-refractivity contribution is -0.137. The molecule has 0 radical (unpaired) electrons. The molecule has 0 spiro atoms. The molecule has 1 unspecified atom stereocenters. The van der Waals surface area contributed by atoms with Gasteiger partial charge in [-0.25, -0.2) is 15.0 Å². The molecule has 4 rings (SSSR count). The molecule has 1 aromatic carbocycles. The van der Waals surface area contributed by atoms with E-state index in [1.54, 1.807) is 4.90 Å². The van der Waals surface area contributed by atoms with Crippen LogP contribution in [0.5, 0.6) is 0 Å². The Morgan fingerprint density at radius 1 is 1.13 bits per heavy atom. The number of halogens is 3. The van der Waals surface area contributed by atoms with Crippen LogP contribution in [0.1, 0.15) is 53.2 Å². The molecule has 1 aliphatic heterocycles. The summed E-state index contributed by atoms with van der Waals surface area (Å²) in [7, 11) is 0. The van der Waals surface area contributed by atoms with E-state index in [1.165, 1.54) is 30.6 Å². The average Bonchev–Trinajstić information content (AvgIpc) is 2.92. The molecule has 0 bridgehead atoms. The minimum atomic E-state index is -4.57. The van der Waals surface area contributed by atoms with Gasteiger partial charge in [0, 0.05) is 42.9 Å². The number of amides is 2. The number of carbonyl (C=O) groups is 2. The van der Waals surface area contributed by atoms with Crippen molar-refractivity contribution < 1.29 is 22.8 Å². The van der Waals surface area contributed by atoms with Gasteiger partial charge in [-0.15, -0.1) is 0 Å². The molecule has 3 heterocycles. The highest BCUT2D eigenvalue weighted by molar-refractivity contribution is 6.16. The van der Waals surface area contributed by atoms with Crippen molar-refractivity contribution in [2.75, 3.05) is 29.5 Å². The summed E-state index contributed by atoms with van der Waals surface area (Å²) >= 11 is 0. The van der Waals surface area contributed by atoms with Gasteiger partial charge in [0.15, 0.2) is 0 Å². The normalized spacial score (nSPS) is 15.5. The van der Waals surface area contributed by atoms with Crippen molar-refractivity contribution in [2.45, 2.75) is 38.4 Å². The van der Waals surface area contributed by atoms with E-state index in [4.69, 9.17) is 11.1 Å². The Balaban J connectivity index is 1.49. The van der Waals surface area contributed by atoms with Crippen molar-refractivity contribution >= 4 is 35.0 Å². The van der Waals surface area contributed by atoms with Gasteiger partial charge in [-0.05, 0) is 37.1 Å². The largest absolute Gasteiger partial charge is 0.416 e. The number of likely N-dealkylation sites (tertiary alicyclic amines) is 1. The van der Waals surface area contributed by atoms with Gasteiger partial charge in [0.1, 0.15) is 23.8 Å². The highest BCUT2D eigenvalue weighted by Gasteiger charge is 2.31. The van der Waals surface area contributed by atoms with Crippen molar-refractivity contribution in [3.63, 3.8) is 0 Å². The Bertz CT molecular complexity index is 1380. The first-order valence-corrected chi connectivity index (χ1v) is 12.3. The van der Waals surface area contributed by atoms with Crippen molar-refractivity contribution in [3.05, 3.63) is 71.2 Å². The van der Waals surface area contributed by atoms with Crippen LogP contribution in [-0.2, 0) is 11.0 Å². The second-order valence-electron chi connectivity index (χ2n) is 8.99. The second-order valence-corrected chi connectivity index (χ2v) is 8.99. The van der Waals surface area contributed by atoms with Crippen LogP contribution < -0.4 is 16.4 Å². The predicted octanol–water partition coefficient (Wildman–Crippen LogP) is 3.95. The van der Waals surface area contributed by atoms with E-state index in [9.17, 15) is 22.8 Å². The topological polar surface area (TPSA) is 150 Å². The highest BCUT2D eigenvalue weighted by Crippen LogP contribution is 2.30. The Kier molecular flexibility index (Phi) is 8.07. The molecule has 1 saturated heterocycles. The molecule has 1 aliphatic rings. The van der Waals surface area contributed by atoms with Crippen LogP contribution in [0, 0.1) is 5.41 Å². The van der Waals surface area contributed by atoms with Crippen LogP contribution >= 0.6 is 0 Å². The molecular formula is C26H27F3N8O2. The summed E-state index contributed by atoms with van der Waals surface area (Å²) in [5.74, 6) is -0.371. The van der Waals surface area contributed by atoms with Crippen molar-refractivity contribution in [1.82, 2.24) is 19.9 Å². The Morgan fingerprint density at radius 2 is 1.85 bits per heavy atom. The molecule has 13 heteroatoms. The van der Waals surface area contributed by atoms with E-state index in [1.807, 2.05) is 6.92 Å². The van der Waals surface area contributed by atoms with E-state index in [-0.39, 0.29) is 40.4 Å². The number of anilines is 3. The summed E-state index contributed by atoms with van der Waals surface area (Å²) < 4.78 is 38.8. The molecule has 0 saturated carbocycles. The Hall–Kier alpha value is -4.55. The Morgan fingerprint density at radius 3 is 2.54 bits per heavy atom. The number of carbonyl (C=O) groups excluding carboxylic acids is 2. The lowest BCUT2D eigenvalue weighted by Crippen LogP contribution is -2.45. The number of hydrogen-bond acceptors (Lipinski definition) is 8. The molecule has 1 atom stereocenters. The zero-order chi connectivity index (χ0) is 28.2. The molecule has 3 aromatic rings. The molecule has 10 nitrogen and oxygen atoms in total. The number of pyridine rings is 1. The van der Waals surface area contributed by atoms with Crippen LogP contribution in [0.2, 0.25) is 0 Å². The van der Waals surface area contributed by atoms with Crippen molar-refractivity contribution in [3.8, 4) is 0 Å². The van der Waals surface area contributed by atoms with Gasteiger partial charge in [0.25, 0.3) is 5.91 Å². The van der Waals surface area contributed by atoms with Crippen LogP contribution in [0.4, 0.5) is 30.6 Å². The van der Waals surface area contributed by atoms with E-state index in [0.717, 1.165) is 31.2 Å². The summed E-state index contributed by atoms with van der Waals surface area (Å²) in [6, 6.07) is 7.41.